The Hall–Kier alpha value is -1.02. The summed E-state index contributed by atoms with van der Waals surface area (Å²) < 4.78 is 0.281. The summed E-state index contributed by atoms with van der Waals surface area (Å²) in [5, 5.41) is 10.0. The predicted octanol–water partition coefficient (Wildman–Crippen LogP) is 3.75. The van der Waals surface area contributed by atoms with Crippen molar-refractivity contribution in [2.45, 2.75) is 12.5 Å². The fourth-order valence-corrected chi connectivity index (χ4v) is 3.99. The number of amides is 1. The number of carbonyl (C=O) groups is 2. The third-order valence-corrected chi connectivity index (χ3v) is 5.41. The van der Waals surface area contributed by atoms with E-state index >= 15 is 0 Å². The van der Waals surface area contributed by atoms with Crippen LogP contribution in [0.1, 0.15) is 12.0 Å². The average molecular weight is 388 g/mol. The first-order valence-corrected chi connectivity index (χ1v) is 9.68. The fourth-order valence-electron chi connectivity index (χ4n) is 2.05. The molecule has 1 aliphatic heterocycles. The minimum atomic E-state index is -1.04. The number of hydrogen-bond acceptors (Lipinski definition) is 5. The molecular weight excluding hydrogens is 374 g/mol. The van der Waals surface area contributed by atoms with Crippen LogP contribution in [0.4, 0.5) is 0 Å². The van der Waals surface area contributed by atoms with Gasteiger partial charge in [0.1, 0.15) is 10.4 Å². The second-order valence-corrected chi connectivity index (χ2v) is 7.84. The third kappa shape index (κ3) is 4.50. The lowest BCUT2D eigenvalue weighted by molar-refractivity contribution is -0.145. The molecule has 1 N–H and O–H groups in total. The van der Waals surface area contributed by atoms with Gasteiger partial charge in [0.05, 0.1) is 4.91 Å². The smallest absolute Gasteiger partial charge is 0.326 e. The quantitative estimate of drug-likeness (QED) is 0.592. The Balaban J connectivity index is 2.24. The summed E-state index contributed by atoms with van der Waals surface area (Å²) in [7, 11) is 0. The van der Waals surface area contributed by atoms with Crippen molar-refractivity contribution in [3.8, 4) is 0 Å². The summed E-state index contributed by atoms with van der Waals surface area (Å²) in [6.07, 6.45) is 3.95. The number of halogens is 1. The molecule has 0 aromatic heterocycles. The van der Waals surface area contributed by atoms with Gasteiger partial charge in [0.2, 0.25) is 0 Å². The number of rotatable bonds is 6. The van der Waals surface area contributed by atoms with Crippen LogP contribution in [0.3, 0.4) is 0 Å². The van der Waals surface area contributed by atoms with Crippen LogP contribution in [0.2, 0.25) is 5.02 Å². The van der Waals surface area contributed by atoms with Crippen LogP contribution in [0.5, 0.6) is 0 Å². The number of hydrogen-bond donors (Lipinski definition) is 1. The van der Waals surface area contributed by atoms with Crippen LogP contribution in [0, 0.1) is 0 Å². The highest BCUT2D eigenvalue weighted by atomic mass is 35.5. The van der Waals surface area contributed by atoms with Crippen molar-refractivity contribution in [3.05, 3.63) is 39.8 Å². The maximum atomic E-state index is 12.5. The Kier molecular flexibility index (Phi) is 6.52. The van der Waals surface area contributed by atoms with Gasteiger partial charge in [-0.25, -0.2) is 4.79 Å². The third-order valence-electron chi connectivity index (χ3n) is 3.18. The maximum Gasteiger partial charge on any atom is 0.326 e. The van der Waals surface area contributed by atoms with Gasteiger partial charge in [-0.05, 0) is 42.2 Å². The minimum Gasteiger partial charge on any atom is -0.480 e. The summed E-state index contributed by atoms with van der Waals surface area (Å²) in [4.78, 5) is 25.7. The number of thioether (sulfide) groups is 2. The Morgan fingerprint density at radius 3 is 2.70 bits per heavy atom. The van der Waals surface area contributed by atoms with E-state index in [9.17, 15) is 14.7 Å². The molecule has 0 saturated carbocycles. The zero-order valence-corrected chi connectivity index (χ0v) is 15.4. The van der Waals surface area contributed by atoms with Crippen LogP contribution in [0.15, 0.2) is 29.2 Å². The van der Waals surface area contributed by atoms with Gasteiger partial charge in [0.15, 0.2) is 0 Å². The Morgan fingerprint density at radius 1 is 1.48 bits per heavy atom. The maximum absolute atomic E-state index is 12.5. The SMILES string of the molecule is CSCCC(C(=O)O)N1C(=O)/C(=C\c2ccc(Cl)cc2)SC1=S. The second kappa shape index (κ2) is 8.19. The molecule has 122 valence electrons. The number of thiocarbonyl (C=S) groups is 1. The van der Waals surface area contributed by atoms with Crippen LogP contribution >= 0.6 is 47.3 Å². The van der Waals surface area contributed by atoms with Crippen molar-refractivity contribution in [3.63, 3.8) is 0 Å². The van der Waals surface area contributed by atoms with E-state index < -0.39 is 12.0 Å². The molecule has 4 nitrogen and oxygen atoms in total. The molecule has 0 aliphatic carbocycles. The van der Waals surface area contributed by atoms with Crippen molar-refractivity contribution in [1.82, 2.24) is 4.90 Å². The number of carbonyl (C=O) groups excluding carboxylic acids is 1. The van der Waals surface area contributed by atoms with Gasteiger partial charge in [-0.1, -0.05) is 47.7 Å². The van der Waals surface area contributed by atoms with E-state index in [2.05, 4.69) is 0 Å². The van der Waals surface area contributed by atoms with E-state index in [1.165, 1.54) is 16.7 Å². The van der Waals surface area contributed by atoms with Crippen LogP contribution in [0.25, 0.3) is 6.08 Å². The first kappa shape index (κ1) is 18.3. The molecule has 1 amide bonds. The van der Waals surface area contributed by atoms with Gasteiger partial charge in [-0.2, -0.15) is 11.8 Å². The van der Waals surface area contributed by atoms with Crippen LogP contribution < -0.4 is 0 Å². The molecule has 1 aromatic carbocycles. The van der Waals surface area contributed by atoms with Gasteiger partial charge in [-0.15, -0.1) is 0 Å². The Morgan fingerprint density at radius 2 is 2.13 bits per heavy atom. The van der Waals surface area contributed by atoms with E-state index in [1.807, 2.05) is 6.26 Å². The Bertz CT molecular complexity index is 660. The molecule has 0 spiro atoms. The molecule has 2 rings (SSSR count). The summed E-state index contributed by atoms with van der Waals surface area (Å²) in [6, 6.07) is 6.11. The van der Waals surface area contributed by atoms with Crippen molar-refractivity contribution >= 4 is 69.6 Å². The molecule has 1 aliphatic rings. The zero-order chi connectivity index (χ0) is 17.0. The van der Waals surface area contributed by atoms with Crippen LogP contribution in [-0.4, -0.2) is 44.3 Å². The summed E-state index contributed by atoms with van der Waals surface area (Å²) >= 11 is 13.7. The van der Waals surface area contributed by atoms with Crippen molar-refractivity contribution in [2.75, 3.05) is 12.0 Å². The lowest BCUT2D eigenvalue weighted by atomic mass is 10.2. The average Bonchev–Trinajstić information content (AvgIpc) is 2.77. The molecule has 0 bridgehead atoms. The highest BCUT2D eigenvalue weighted by Gasteiger charge is 2.40. The highest BCUT2D eigenvalue weighted by molar-refractivity contribution is 8.26. The molecular formula is C15H14ClNO3S3. The standard InChI is InChI=1S/C15H14ClNO3S3/c1-22-7-6-11(14(19)20)17-13(18)12(23-15(17)21)8-9-2-4-10(16)5-3-9/h2-5,8,11H,6-7H2,1H3,(H,19,20)/b12-8+. The van der Waals surface area contributed by atoms with E-state index in [4.69, 9.17) is 23.8 Å². The van der Waals surface area contributed by atoms with Gasteiger partial charge in [0.25, 0.3) is 5.91 Å². The van der Waals surface area contributed by atoms with Crippen molar-refractivity contribution in [1.29, 1.82) is 0 Å². The lowest BCUT2D eigenvalue weighted by Crippen LogP contribution is -2.44. The zero-order valence-electron chi connectivity index (χ0n) is 12.2. The Labute approximate surface area is 153 Å². The highest BCUT2D eigenvalue weighted by Crippen LogP contribution is 2.35. The van der Waals surface area contributed by atoms with Gasteiger partial charge >= 0.3 is 5.97 Å². The number of aliphatic carboxylic acids is 1. The van der Waals surface area contributed by atoms with Crippen molar-refractivity contribution < 1.29 is 14.7 Å². The summed E-state index contributed by atoms with van der Waals surface area (Å²) in [5.74, 6) is -0.754. The molecule has 1 fully saturated rings. The monoisotopic (exact) mass is 387 g/mol. The van der Waals surface area contributed by atoms with E-state index in [0.29, 0.717) is 22.1 Å². The van der Waals surface area contributed by atoms with E-state index in [-0.39, 0.29) is 10.2 Å². The number of nitrogens with zero attached hydrogens (tertiary/aromatic N) is 1. The lowest BCUT2D eigenvalue weighted by Gasteiger charge is -2.22. The molecule has 0 radical (unpaired) electrons. The van der Waals surface area contributed by atoms with Crippen molar-refractivity contribution in [2.24, 2.45) is 0 Å². The molecule has 1 aromatic rings. The number of benzene rings is 1. The molecule has 1 heterocycles. The van der Waals surface area contributed by atoms with Gasteiger partial charge < -0.3 is 5.11 Å². The molecule has 1 saturated heterocycles. The minimum absolute atomic E-state index is 0.281. The summed E-state index contributed by atoms with van der Waals surface area (Å²) in [5.41, 5.74) is 0.811. The first-order valence-electron chi connectivity index (χ1n) is 6.68. The molecule has 23 heavy (non-hydrogen) atoms. The normalized spacial score (nSPS) is 17.8. The number of carboxylic acid groups (broad SMARTS) is 1. The first-order chi connectivity index (χ1) is 10.9. The number of carboxylic acids is 1. The fraction of sp³-hybridized carbons (Fsp3) is 0.267. The summed E-state index contributed by atoms with van der Waals surface area (Å²) in [6.45, 7) is 0. The van der Waals surface area contributed by atoms with E-state index in [1.54, 1.807) is 30.3 Å². The topological polar surface area (TPSA) is 57.6 Å². The molecule has 1 atom stereocenters. The largest absolute Gasteiger partial charge is 0.480 e. The van der Waals surface area contributed by atoms with E-state index in [0.717, 1.165) is 17.3 Å². The second-order valence-electron chi connectivity index (χ2n) is 4.74. The van der Waals surface area contributed by atoms with Gasteiger partial charge in [0, 0.05) is 5.02 Å². The van der Waals surface area contributed by atoms with Crippen LogP contribution in [-0.2, 0) is 9.59 Å². The van der Waals surface area contributed by atoms with Gasteiger partial charge in [-0.3, -0.25) is 9.69 Å². The molecule has 8 heteroatoms. The molecule has 1 unspecified atom stereocenters. The predicted molar refractivity (Wildman–Crippen MR) is 101 cm³/mol.